The molecule has 5 nitrogen and oxygen atoms in total. The van der Waals surface area contributed by atoms with E-state index in [-0.39, 0.29) is 11.3 Å². The summed E-state index contributed by atoms with van der Waals surface area (Å²) in [5.74, 6) is 1.12. The minimum atomic E-state index is -3.29. The zero-order valence-electron chi connectivity index (χ0n) is 17.2. The zero-order valence-corrected chi connectivity index (χ0v) is 18.0. The van der Waals surface area contributed by atoms with Crippen molar-refractivity contribution < 1.29 is 13.2 Å². The second-order valence-corrected chi connectivity index (χ2v) is 10.4. The number of fused-ring (bicyclic) bond motifs is 1. The molecule has 29 heavy (non-hydrogen) atoms. The van der Waals surface area contributed by atoms with Crippen LogP contribution in [-0.2, 0) is 26.7 Å². The second-order valence-electron chi connectivity index (χ2n) is 8.68. The second kappa shape index (κ2) is 7.17. The lowest BCUT2D eigenvalue weighted by Gasteiger charge is -2.25. The van der Waals surface area contributed by atoms with E-state index in [0.29, 0.717) is 23.9 Å². The average Bonchev–Trinajstić information content (AvgIpc) is 3.02. The molecule has 2 unspecified atom stereocenters. The fraction of sp³-hybridized carbons (Fsp3) is 0.435. The highest BCUT2D eigenvalue weighted by atomic mass is 32.2. The third kappa shape index (κ3) is 3.90. The molecule has 6 heteroatoms. The Bertz CT molecular complexity index is 1040. The molecule has 0 spiro atoms. The monoisotopic (exact) mass is 412 g/mol. The summed E-state index contributed by atoms with van der Waals surface area (Å²) in [6.45, 7) is 5.90. The number of amides is 1. The first-order valence-electron chi connectivity index (χ1n) is 10.1. The van der Waals surface area contributed by atoms with Gasteiger partial charge >= 0.3 is 0 Å². The number of nitrogens with zero attached hydrogens (tertiary/aromatic N) is 1. The third-order valence-corrected chi connectivity index (χ3v) is 7.37. The molecule has 2 aromatic carbocycles. The Morgan fingerprint density at radius 3 is 2.48 bits per heavy atom. The first kappa shape index (κ1) is 20.0. The molecule has 0 radical (unpaired) electrons. The normalized spacial score (nSPS) is 25.6. The molecule has 2 fully saturated rings. The van der Waals surface area contributed by atoms with Crippen LogP contribution >= 0.6 is 0 Å². The van der Waals surface area contributed by atoms with Gasteiger partial charge < -0.3 is 4.90 Å². The minimum absolute atomic E-state index is 0.0159. The van der Waals surface area contributed by atoms with Crippen LogP contribution in [0.5, 0.6) is 0 Å². The number of likely N-dealkylation sites (tertiary alicyclic amines) is 1. The molecule has 0 aromatic heterocycles. The van der Waals surface area contributed by atoms with Gasteiger partial charge in [-0.05, 0) is 54.0 Å². The van der Waals surface area contributed by atoms with Crippen molar-refractivity contribution in [2.24, 2.45) is 11.8 Å². The molecule has 1 heterocycles. The van der Waals surface area contributed by atoms with Gasteiger partial charge in [0, 0.05) is 30.6 Å². The van der Waals surface area contributed by atoms with Gasteiger partial charge in [0.1, 0.15) is 0 Å². The number of carbonyl (C=O) groups excluding carboxylic acids is 1. The van der Waals surface area contributed by atoms with E-state index in [2.05, 4.69) is 36.8 Å². The lowest BCUT2D eigenvalue weighted by molar-refractivity contribution is -0.130. The van der Waals surface area contributed by atoms with Crippen molar-refractivity contribution in [1.29, 1.82) is 0 Å². The highest BCUT2D eigenvalue weighted by molar-refractivity contribution is 7.92. The van der Waals surface area contributed by atoms with Crippen LogP contribution in [0, 0.1) is 18.8 Å². The molecule has 2 atom stereocenters. The van der Waals surface area contributed by atoms with Gasteiger partial charge in [0.25, 0.3) is 0 Å². The Labute approximate surface area is 173 Å². The van der Waals surface area contributed by atoms with Gasteiger partial charge in [-0.25, -0.2) is 8.42 Å². The maximum absolute atomic E-state index is 12.7. The average molecular weight is 413 g/mol. The number of piperidine rings is 1. The Balaban J connectivity index is 1.37. The predicted molar refractivity (Wildman–Crippen MR) is 115 cm³/mol. The molecule has 1 saturated carbocycles. The van der Waals surface area contributed by atoms with Crippen molar-refractivity contribution in [3.8, 4) is 0 Å². The third-order valence-electron chi connectivity index (χ3n) is 6.76. The van der Waals surface area contributed by atoms with Gasteiger partial charge in [-0.2, -0.15) is 0 Å². The number of hydrogen-bond acceptors (Lipinski definition) is 3. The Morgan fingerprint density at radius 1 is 1.14 bits per heavy atom. The SMILES string of the molecule is Cc1ccccc1CCC(=O)N1CC2C(C1)C2(C)c1cccc(NS(C)(=O)=O)c1. The molecule has 4 rings (SSSR count). The van der Waals surface area contributed by atoms with Crippen molar-refractivity contribution in [2.45, 2.75) is 32.1 Å². The first-order valence-corrected chi connectivity index (χ1v) is 12.0. The van der Waals surface area contributed by atoms with E-state index in [0.717, 1.165) is 31.3 Å². The fourth-order valence-electron chi connectivity index (χ4n) is 4.94. The van der Waals surface area contributed by atoms with E-state index in [4.69, 9.17) is 0 Å². The summed E-state index contributed by atoms with van der Waals surface area (Å²) >= 11 is 0. The number of aryl methyl sites for hydroxylation is 2. The lowest BCUT2D eigenvalue weighted by Crippen LogP contribution is -2.34. The Kier molecular flexibility index (Phi) is 4.93. The highest BCUT2D eigenvalue weighted by Crippen LogP contribution is 2.63. The van der Waals surface area contributed by atoms with Crippen LogP contribution in [0.3, 0.4) is 0 Å². The summed E-state index contributed by atoms with van der Waals surface area (Å²) in [7, 11) is -3.29. The summed E-state index contributed by atoms with van der Waals surface area (Å²) in [4.78, 5) is 14.7. The van der Waals surface area contributed by atoms with Crippen LogP contribution in [0.1, 0.15) is 30.0 Å². The quantitative estimate of drug-likeness (QED) is 0.791. The summed E-state index contributed by atoms with van der Waals surface area (Å²) < 4.78 is 25.6. The van der Waals surface area contributed by atoms with Crippen molar-refractivity contribution in [2.75, 3.05) is 24.1 Å². The van der Waals surface area contributed by atoms with Gasteiger partial charge in [-0.15, -0.1) is 0 Å². The molecule has 1 N–H and O–H groups in total. The molecule has 2 aliphatic rings. The van der Waals surface area contributed by atoms with E-state index >= 15 is 0 Å². The maximum atomic E-state index is 12.7. The Hall–Kier alpha value is -2.34. The van der Waals surface area contributed by atoms with Crippen LogP contribution in [0.4, 0.5) is 5.69 Å². The van der Waals surface area contributed by atoms with Crippen LogP contribution < -0.4 is 4.72 Å². The number of hydrogen-bond donors (Lipinski definition) is 1. The van der Waals surface area contributed by atoms with Crippen LogP contribution in [0.2, 0.25) is 0 Å². The largest absolute Gasteiger partial charge is 0.342 e. The van der Waals surface area contributed by atoms with E-state index in [1.54, 1.807) is 6.07 Å². The molecule has 1 amide bonds. The predicted octanol–water partition coefficient (Wildman–Crippen LogP) is 3.35. The van der Waals surface area contributed by atoms with Crippen LogP contribution in [0.15, 0.2) is 48.5 Å². The molecule has 1 aliphatic heterocycles. The number of benzene rings is 2. The number of carbonyl (C=O) groups is 1. The smallest absolute Gasteiger partial charge is 0.229 e. The summed E-state index contributed by atoms with van der Waals surface area (Å²) in [6.07, 6.45) is 2.50. The van der Waals surface area contributed by atoms with Crippen LogP contribution in [0.25, 0.3) is 0 Å². The zero-order chi connectivity index (χ0) is 20.8. The molecular formula is C23H28N2O3S. The molecule has 0 bridgehead atoms. The summed E-state index contributed by atoms with van der Waals surface area (Å²) in [5, 5.41) is 0. The van der Waals surface area contributed by atoms with Crippen molar-refractivity contribution in [3.63, 3.8) is 0 Å². The van der Waals surface area contributed by atoms with Gasteiger partial charge in [-0.3, -0.25) is 9.52 Å². The van der Waals surface area contributed by atoms with Gasteiger partial charge in [0.05, 0.1) is 6.26 Å². The number of anilines is 1. The van der Waals surface area contributed by atoms with Gasteiger partial charge in [0.15, 0.2) is 0 Å². The lowest BCUT2D eigenvalue weighted by atomic mass is 9.92. The molecule has 154 valence electrons. The summed E-state index contributed by atoms with van der Waals surface area (Å²) in [5.41, 5.74) is 4.24. The minimum Gasteiger partial charge on any atom is -0.342 e. The van der Waals surface area contributed by atoms with Gasteiger partial charge in [0.2, 0.25) is 15.9 Å². The van der Waals surface area contributed by atoms with E-state index in [1.165, 1.54) is 11.1 Å². The molecule has 1 aliphatic carbocycles. The van der Waals surface area contributed by atoms with E-state index in [1.807, 2.05) is 29.2 Å². The highest BCUT2D eigenvalue weighted by Gasteiger charge is 2.66. The first-order chi connectivity index (χ1) is 13.7. The molecule has 2 aromatic rings. The molecule has 1 saturated heterocycles. The Morgan fingerprint density at radius 2 is 1.83 bits per heavy atom. The fourth-order valence-corrected chi connectivity index (χ4v) is 5.49. The van der Waals surface area contributed by atoms with Crippen LogP contribution in [-0.4, -0.2) is 38.6 Å². The number of rotatable bonds is 6. The van der Waals surface area contributed by atoms with Crippen molar-refractivity contribution in [1.82, 2.24) is 4.90 Å². The standard InChI is InChI=1S/C23H28N2O3S/c1-16-7-4-5-8-17(16)11-12-22(26)25-14-20-21(15-25)23(20,2)18-9-6-10-19(13-18)24-29(3,27)28/h4-10,13,20-21,24H,11-12,14-15H2,1-3H3. The maximum Gasteiger partial charge on any atom is 0.229 e. The topological polar surface area (TPSA) is 66.5 Å². The van der Waals surface area contributed by atoms with E-state index in [9.17, 15) is 13.2 Å². The van der Waals surface area contributed by atoms with Crippen molar-refractivity contribution >= 4 is 21.6 Å². The summed E-state index contributed by atoms with van der Waals surface area (Å²) in [6, 6.07) is 15.9. The van der Waals surface area contributed by atoms with Crippen molar-refractivity contribution in [3.05, 3.63) is 65.2 Å². The van der Waals surface area contributed by atoms with E-state index < -0.39 is 10.0 Å². The van der Waals surface area contributed by atoms with Gasteiger partial charge in [-0.1, -0.05) is 43.3 Å². The number of nitrogens with one attached hydrogen (secondary N) is 1. The molecular weight excluding hydrogens is 384 g/mol. The number of sulfonamides is 1.